The van der Waals surface area contributed by atoms with E-state index in [4.69, 9.17) is 10.8 Å². The van der Waals surface area contributed by atoms with Crippen LogP contribution in [-0.4, -0.2) is 39.1 Å². The summed E-state index contributed by atoms with van der Waals surface area (Å²) in [5.74, 6) is -1.24. The van der Waals surface area contributed by atoms with E-state index in [-0.39, 0.29) is 11.7 Å². The Labute approximate surface area is 123 Å². The van der Waals surface area contributed by atoms with Crippen LogP contribution in [0.25, 0.3) is 0 Å². The number of nitrogens with one attached hydrogen (secondary N) is 1. The molecule has 0 aromatic carbocycles. The molecule has 1 fully saturated rings. The number of carboxylic acid groups (broad SMARTS) is 1. The van der Waals surface area contributed by atoms with Gasteiger partial charge in [0, 0.05) is 4.75 Å². The molecule has 1 aliphatic carbocycles. The maximum absolute atomic E-state index is 11.9. The van der Waals surface area contributed by atoms with Gasteiger partial charge in [0.05, 0.1) is 11.8 Å². The minimum absolute atomic E-state index is 0.0947. The van der Waals surface area contributed by atoms with Crippen molar-refractivity contribution < 1.29 is 14.7 Å². The van der Waals surface area contributed by atoms with Crippen LogP contribution in [0.2, 0.25) is 0 Å². The smallest absolute Gasteiger partial charge is 0.321 e. The average molecular weight is 299 g/mol. The van der Waals surface area contributed by atoms with Crippen LogP contribution in [-0.2, 0) is 9.59 Å². The first-order valence-electron chi connectivity index (χ1n) is 6.57. The Bertz CT molecular complexity index is 425. The molecule has 4 N–H and O–H groups in total. The first-order valence-corrected chi connectivity index (χ1v) is 7.56. The van der Waals surface area contributed by atoms with Crippen LogP contribution in [0.15, 0.2) is 0 Å². The molecule has 6 nitrogen and oxygen atoms in total. The van der Waals surface area contributed by atoms with Gasteiger partial charge in [0.25, 0.3) is 0 Å². The molecule has 20 heavy (non-hydrogen) atoms. The van der Waals surface area contributed by atoms with Crippen molar-refractivity contribution >= 4 is 23.6 Å². The quantitative estimate of drug-likeness (QED) is 0.670. The molecule has 0 saturated heterocycles. The molecule has 0 aromatic rings. The number of amides is 1. The normalized spacial score (nSPS) is 19.1. The fourth-order valence-electron chi connectivity index (χ4n) is 2.18. The van der Waals surface area contributed by atoms with Gasteiger partial charge in [-0.2, -0.15) is 5.26 Å². The SMILES string of the molecule is CC(C)(SCC(=O)NC1(C#N)CCCC1)[C@H](N)C(=O)O. The van der Waals surface area contributed by atoms with Gasteiger partial charge in [-0.15, -0.1) is 11.8 Å². The van der Waals surface area contributed by atoms with Crippen LogP contribution in [0.1, 0.15) is 39.5 Å². The third-order valence-corrected chi connectivity index (χ3v) is 5.04. The Morgan fingerprint density at radius 3 is 2.50 bits per heavy atom. The van der Waals surface area contributed by atoms with E-state index in [1.54, 1.807) is 13.8 Å². The standard InChI is InChI=1S/C13H21N3O3S/c1-12(2,10(15)11(18)19)20-7-9(17)16-13(8-14)5-3-4-6-13/h10H,3-7,15H2,1-2H3,(H,16,17)(H,18,19)/t10-/m1/s1. The molecule has 1 aliphatic rings. The highest BCUT2D eigenvalue weighted by Gasteiger charge is 2.37. The number of rotatable bonds is 6. The Hall–Kier alpha value is -1.26. The second kappa shape index (κ2) is 6.46. The molecule has 0 aliphatic heterocycles. The maximum atomic E-state index is 11.9. The van der Waals surface area contributed by atoms with Crippen LogP contribution >= 0.6 is 11.8 Å². The Kier molecular flexibility index (Phi) is 5.42. The number of aliphatic carboxylic acids is 1. The van der Waals surface area contributed by atoms with Crippen LogP contribution in [0.3, 0.4) is 0 Å². The Morgan fingerprint density at radius 2 is 2.05 bits per heavy atom. The molecule has 112 valence electrons. The Morgan fingerprint density at radius 1 is 1.50 bits per heavy atom. The predicted octanol–water partition coefficient (Wildman–Crippen LogP) is 0.863. The minimum atomic E-state index is -1.09. The van der Waals surface area contributed by atoms with Crippen LogP contribution in [0.4, 0.5) is 0 Å². The number of carbonyl (C=O) groups is 2. The second-order valence-corrected chi connectivity index (χ2v) is 7.29. The lowest BCUT2D eigenvalue weighted by Gasteiger charge is -2.28. The lowest BCUT2D eigenvalue weighted by Crippen LogP contribution is -2.49. The summed E-state index contributed by atoms with van der Waals surface area (Å²) < 4.78 is -0.751. The van der Waals surface area contributed by atoms with Gasteiger partial charge in [0.1, 0.15) is 11.6 Å². The molecule has 0 unspecified atom stereocenters. The Balaban J connectivity index is 2.51. The van der Waals surface area contributed by atoms with Gasteiger partial charge in [-0.1, -0.05) is 0 Å². The van der Waals surface area contributed by atoms with Crippen molar-refractivity contribution in [2.24, 2.45) is 5.73 Å². The zero-order chi connectivity index (χ0) is 15.4. The van der Waals surface area contributed by atoms with E-state index in [0.29, 0.717) is 12.8 Å². The molecule has 0 spiro atoms. The van der Waals surface area contributed by atoms with Crippen molar-refractivity contribution in [3.63, 3.8) is 0 Å². The van der Waals surface area contributed by atoms with Crippen LogP contribution in [0.5, 0.6) is 0 Å². The number of carbonyl (C=O) groups excluding carboxylic acids is 1. The topological polar surface area (TPSA) is 116 Å². The van der Waals surface area contributed by atoms with Gasteiger partial charge in [0.15, 0.2) is 0 Å². The minimum Gasteiger partial charge on any atom is -0.480 e. The predicted molar refractivity (Wildman–Crippen MR) is 77.1 cm³/mol. The molecule has 1 atom stereocenters. The van der Waals surface area contributed by atoms with Crippen LogP contribution in [0, 0.1) is 11.3 Å². The van der Waals surface area contributed by atoms with Gasteiger partial charge >= 0.3 is 5.97 Å². The van der Waals surface area contributed by atoms with Crippen molar-refractivity contribution in [2.75, 3.05) is 5.75 Å². The summed E-state index contributed by atoms with van der Waals surface area (Å²) in [7, 11) is 0. The highest BCUT2D eigenvalue weighted by atomic mass is 32.2. The van der Waals surface area contributed by atoms with Gasteiger partial charge in [-0.25, -0.2) is 0 Å². The van der Waals surface area contributed by atoms with E-state index in [1.165, 1.54) is 11.8 Å². The molecule has 0 radical (unpaired) electrons. The molecular formula is C13H21N3O3S. The van der Waals surface area contributed by atoms with Crippen molar-refractivity contribution in [3.05, 3.63) is 0 Å². The van der Waals surface area contributed by atoms with Gasteiger partial charge < -0.3 is 16.2 Å². The van der Waals surface area contributed by atoms with E-state index in [2.05, 4.69) is 11.4 Å². The summed E-state index contributed by atoms with van der Waals surface area (Å²) in [5, 5.41) is 20.9. The monoisotopic (exact) mass is 299 g/mol. The molecule has 1 rings (SSSR count). The number of carboxylic acids is 1. The lowest BCUT2D eigenvalue weighted by atomic mass is 10.0. The van der Waals surface area contributed by atoms with E-state index in [1.807, 2.05) is 0 Å². The zero-order valence-electron chi connectivity index (χ0n) is 11.8. The number of hydrogen-bond acceptors (Lipinski definition) is 5. The zero-order valence-corrected chi connectivity index (χ0v) is 12.6. The summed E-state index contributed by atoms with van der Waals surface area (Å²) >= 11 is 1.19. The van der Waals surface area contributed by atoms with E-state index >= 15 is 0 Å². The number of nitrogens with two attached hydrogens (primary N) is 1. The van der Waals surface area contributed by atoms with Gasteiger partial charge in [-0.05, 0) is 39.5 Å². The van der Waals surface area contributed by atoms with Crippen molar-refractivity contribution in [1.82, 2.24) is 5.32 Å². The third-order valence-electron chi connectivity index (χ3n) is 3.64. The molecule has 1 amide bonds. The highest BCUT2D eigenvalue weighted by molar-refractivity contribution is 8.01. The fraction of sp³-hybridized carbons (Fsp3) is 0.769. The van der Waals surface area contributed by atoms with E-state index < -0.39 is 22.3 Å². The third kappa shape index (κ3) is 4.12. The van der Waals surface area contributed by atoms with Crippen LogP contribution < -0.4 is 11.1 Å². The van der Waals surface area contributed by atoms with Crippen molar-refractivity contribution in [3.8, 4) is 6.07 Å². The summed E-state index contributed by atoms with van der Waals surface area (Å²) in [4.78, 5) is 22.8. The molecule has 0 heterocycles. The number of thioether (sulfide) groups is 1. The molecule has 0 aromatic heterocycles. The molecule has 0 bridgehead atoms. The fourth-order valence-corrected chi connectivity index (χ4v) is 3.04. The van der Waals surface area contributed by atoms with Crippen molar-refractivity contribution in [1.29, 1.82) is 5.26 Å². The molecule has 7 heteroatoms. The first-order chi connectivity index (χ1) is 9.22. The molecule has 1 saturated carbocycles. The number of nitrogens with zero attached hydrogens (tertiary/aromatic N) is 1. The average Bonchev–Trinajstić information content (AvgIpc) is 2.84. The maximum Gasteiger partial charge on any atom is 0.321 e. The first kappa shape index (κ1) is 16.8. The van der Waals surface area contributed by atoms with E-state index in [0.717, 1.165) is 12.8 Å². The highest BCUT2D eigenvalue weighted by Crippen LogP contribution is 2.30. The van der Waals surface area contributed by atoms with Gasteiger partial charge in [0.2, 0.25) is 5.91 Å². The number of hydrogen-bond donors (Lipinski definition) is 3. The van der Waals surface area contributed by atoms with Crippen molar-refractivity contribution in [2.45, 2.75) is 55.9 Å². The second-order valence-electron chi connectivity index (χ2n) is 5.66. The molecular weight excluding hydrogens is 278 g/mol. The van der Waals surface area contributed by atoms with E-state index in [9.17, 15) is 14.9 Å². The largest absolute Gasteiger partial charge is 0.480 e. The summed E-state index contributed by atoms with van der Waals surface area (Å²) in [6.07, 6.45) is 3.24. The summed E-state index contributed by atoms with van der Waals surface area (Å²) in [6, 6.07) is 1.14. The summed E-state index contributed by atoms with van der Waals surface area (Å²) in [5.41, 5.74) is 4.85. The number of nitriles is 1. The van der Waals surface area contributed by atoms with Gasteiger partial charge in [-0.3, -0.25) is 9.59 Å². The summed E-state index contributed by atoms with van der Waals surface area (Å²) in [6.45, 7) is 3.39. The lowest BCUT2D eigenvalue weighted by molar-refractivity contribution is -0.139.